The van der Waals surface area contributed by atoms with E-state index in [9.17, 15) is 0 Å². The van der Waals surface area contributed by atoms with Crippen molar-refractivity contribution in [3.63, 3.8) is 0 Å². The molecular formula is C12H17N5. The number of rotatable bonds is 1. The van der Waals surface area contributed by atoms with Gasteiger partial charge in [0.25, 0.3) is 0 Å². The van der Waals surface area contributed by atoms with Crippen molar-refractivity contribution in [1.29, 1.82) is 5.26 Å². The Morgan fingerprint density at radius 3 is 2.65 bits per heavy atom. The number of hydrogen-bond donors (Lipinski definition) is 0. The van der Waals surface area contributed by atoms with E-state index >= 15 is 0 Å². The molecule has 0 unspecified atom stereocenters. The van der Waals surface area contributed by atoms with Crippen LogP contribution in [0.5, 0.6) is 0 Å². The molecule has 1 aromatic heterocycles. The summed E-state index contributed by atoms with van der Waals surface area (Å²) in [5.41, 5.74) is 0.496. The third-order valence-corrected chi connectivity index (χ3v) is 3.40. The van der Waals surface area contributed by atoms with E-state index in [-0.39, 0.29) is 5.54 Å². The van der Waals surface area contributed by atoms with Crippen molar-refractivity contribution in [1.82, 2.24) is 14.9 Å². The average Bonchev–Trinajstić information content (AvgIpc) is 2.32. The second-order valence-corrected chi connectivity index (χ2v) is 5.00. The van der Waals surface area contributed by atoms with Gasteiger partial charge in [0.1, 0.15) is 6.07 Å². The Kier molecular flexibility index (Phi) is 2.99. The molecule has 0 amide bonds. The van der Waals surface area contributed by atoms with Gasteiger partial charge in [-0.15, -0.1) is 0 Å². The van der Waals surface area contributed by atoms with Crippen LogP contribution in [0, 0.1) is 11.3 Å². The number of nitrogens with zero attached hydrogens (tertiary/aromatic N) is 5. The van der Waals surface area contributed by atoms with E-state index in [0.717, 1.165) is 19.6 Å². The maximum absolute atomic E-state index is 9.04. The summed E-state index contributed by atoms with van der Waals surface area (Å²) in [6.45, 7) is 7.10. The molecule has 90 valence electrons. The van der Waals surface area contributed by atoms with E-state index < -0.39 is 0 Å². The van der Waals surface area contributed by atoms with Crippen molar-refractivity contribution in [2.75, 3.05) is 31.6 Å². The Morgan fingerprint density at radius 2 is 2.00 bits per heavy atom. The molecule has 0 atom stereocenters. The van der Waals surface area contributed by atoms with Gasteiger partial charge in [-0.05, 0) is 20.9 Å². The minimum absolute atomic E-state index is 0.0858. The largest absolute Gasteiger partial charge is 0.351 e. The number of nitriles is 1. The van der Waals surface area contributed by atoms with Crippen LogP contribution in [-0.2, 0) is 0 Å². The topological polar surface area (TPSA) is 56.1 Å². The van der Waals surface area contributed by atoms with E-state index in [2.05, 4.69) is 46.7 Å². The van der Waals surface area contributed by atoms with Gasteiger partial charge >= 0.3 is 0 Å². The lowest BCUT2D eigenvalue weighted by Gasteiger charge is -2.45. The highest BCUT2D eigenvalue weighted by Gasteiger charge is 2.32. The Bertz CT molecular complexity index is 448. The molecular weight excluding hydrogens is 214 g/mol. The summed E-state index contributed by atoms with van der Waals surface area (Å²) >= 11 is 0. The summed E-state index contributed by atoms with van der Waals surface area (Å²) < 4.78 is 0. The van der Waals surface area contributed by atoms with Crippen molar-refractivity contribution < 1.29 is 0 Å². The van der Waals surface area contributed by atoms with Crippen LogP contribution in [0.4, 0.5) is 5.82 Å². The first-order valence-electron chi connectivity index (χ1n) is 5.72. The molecule has 0 aliphatic carbocycles. The second kappa shape index (κ2) is 4.30. The molecule has 5 nitrogen and oxygen atoms in total. The van der Waals surface area contributed by atoms with Gasteiger partial charge in [0.2, 0.25) is 0 Å². The Labute approximate surface area is 102 Å². The number of piperazine rings is 1. The van der Waals surface area contributed by atoms with E-state index in [1.54, 1.807) is 12.4 Å². The zero-order chi connectivity index (χ0) is 12.5. The van der Waals surface area contributed by atoms with E-state index in [0.29, 0.717) is 11.5 Å². The highest BCUT2D eigenvalue weighted by Crippen LogP contribution is 2.24. The maximum atomic E-state index is 9.04. The summed E-state index contributed by atoms with van der Waals surface area (Å²) in [5, 5.41) is 9.04. The van der Waals surface area contributed by atoms with Gasteiger partial charge in [-0.2, -0.15) is 5.26 Å². The molecule has 0 N–H and O–H groups in total. The second-order valence-electron chi connectivity index (χ2n) is 5.00. The van der Waals surface area contributed by atoms with E-state index in [1.807, 2.05) is 0 Å². The molecule has 1 aliphatic rings. The van der Waals surface area contributed by atoms with Gasteiger partial charge in [0.05, 0.1) is 0 Å². The lowest BCUT2D eigenvalue weighted by molar-refractivity contribution is 0.138. The number of anilines is 1. The first-order chi connectivity index (χ1) is 8.04. The summed E-state index contributed by atoms with van der Waals surface area (Å²) in [6, 6.07) is 2.10. The fraction of sp³-hybridized carbons (Fsp3) is 0.583. The highest BCUT2D eigenvalue weighted by atomic mass is 15.3. The third-order valence-electron chi connectivity index (χ3n) is 3.40. The average molecular weight is 231 g/mol. The van der Waals surface area contributed by atoms with Crippen molar-refractivity contribution in [2.45, 2.75) is 19.4 Å². The lowest BCUT2D eigenvalue weighted by Crippen LogP contribution is -2.58. The van der Waals surface area contributed by atoms with Crippen molar-refractivity contribution in [3.8, 4) is 6.07 Å². The number of likely N-dealkylation sites (N-methyl/N-ethyl adjacent to an activating group) is 1. The summed E-state index contributed by atoms with van der Waals surface area (Å²) in [4.78, 5) is 12.8. The van der Waals surface area contributed by atoms with Gasteiger partial charge in [-0.1, -0.05) is 0 Å². The van der Waals surface area contributed by atoms with Crippen LogP contribution < -0.4 is 4.90 Å². The zero-order valence-electron chi connectivity index (χ0n) is 10.5. The molecule has 0 aromatic carbocycles. The summed E-state index contributed by atoms with van der Waals surface area (Å²) in [5.74, 6) is 0.705. The van der Waals surface area contributed by atoms with Crippen LogP contribution in [0.15, 0.2) is 12.4 Å². The lowest BCUT2D eigenvalue weighted by atomic mass is 10.00. The van der Waals surface area contributed by atoms with Crippen LogP contribution in [0.3, 0.4) is 0 Å². The van der Waals surface area contributed by atoms with Crippen molar-refractivity contribution >= 4 is 5.82 Å². The Hall–Kier alpha value is -1.67. The van der Waals surface area contributed by atoms with Crippen LogP contribution >= 0.6 is 0 Å². The van der Waals surface area contributed by atoms with E-state index in [1.165, 1.54) is 0 Å². The molecule has 1 fully saturated rings. The van der Waals surface area contributed by atoms with Gasteiger partial charge in [0, 0.05) is 37.6 Å². The van der Waals surface area contributed by atoms with Crippen LogP contribution in [0.2, 0.25) is 0 Å². The van der Waals surface area contributed by atoms with Gasteiger partial charge in [-0.3, -0.25) is 4.90 Å². The first kappa shape index (κ1) is 11.8. The van der Waals surface area contributed by atoms with Gasteiger partial charge in [0.15, 0.2) is 11.5 Å². The predicted octanol–water partition coefficient (Wildman–Crippen LogP) is 0.879. The monoisotopic (exact) mass is 231 g/mol. The molecule has 1 aromatic rings. The molecule has 0 saturated carbocycles. The van der Waals surface area contributed by atoms with Crippen LogP contribution in [0.25, 0.3) is 0 Å². The first-order valence-corrected chi connectivity index (χ1v) is 5.72. The highest BCUT2D eigenvalue weighted by molar-refractivity contribution is 5.50. The smallest absolute Gasteiger partial charge is 0.183 e. The molecule has 0 bridgehead atoms. The molecule has 2 heterocycles. The molecule has 0 spiro atoms. The SMILES string of the molecule is CN1CCN(c2nccnc2C#N)CC1(C)C. The molecule has 17 heavy (non-hydrogen) atoms. The summed E-state index contributed by atoms with van der Waals surface area (Å²) in [7, 11) is 2.12. The normalized spacial score (nSPS) is 20.0. The fourth-order valence-electron chi connectivity index (χ4n) is 2.06. The summed E-state index contributed by atoms with van der Waals surface area (Å²) in [6.07, 6.45) is 3.20. The number of hydrogen-bond acceptors (Lipinski definition) is 5. The van der Waals surface area contributed by atoms with Crippen molar-refractivity contribution in [3.05, 3.63) is 18.1 Å². The number of aromatic nitrogens is 2. The molecule has 1 saturated heterocycles. The van der Waals surface area contributed by atoms with Gasteiger partial charge in [-0.25, -0.2) is 9.97 Å². The molecule has 1 aliphatic heterocycles. The fourth-order valence-corrected chi connectivity index (χ4v) is 2.06. The van der Waals surface area contributed by atoms with E-state index in [4.69, 9.17) is 5.26 Å². The van der Waals surface area contributed by atoms with Gasteiger partial charge < -0.3 is 4.90 Å². The maximum Gasteiger partial charge on any atom is 0.183 e. The quantitative estimate of drug-likeness (QED) is 0.718. The molecule has 0 radical (unpaired) electrons. The Balaban J connectivity index is 2.27. The van der Waals surface area contributed by atoms with Crippen LogP contribution in [-0.4, -0.2) is 47.1 Å². The zero-order valence-corrected chi connectivity index (χ0v) is 10.5. The van der Waals surface area contributed by atoms with Crippen molar-refractivity contribution in [2.24, 2.45) is 0 Å². The van der Waals surface area contributed by atoms with Crippen LogP contribution in [0.1, 0.15) is 19.5 Å². The third kappa shape index (κ3) is 2.22. The molecule has 2 rings (SSSR count). The standard InChI is InChI=1S/C12H17N5/c1-12(2)9-17(7-6-16(12)3)11-10(8-13)14-4-5-15-11/h4-5H,6-7,9H2,1-3H3. The Morgan fingerprint density at radius 1 is 1.29 bits per heavy atom. The minimum Gasteiger partial charge on any atom is -0.351 e. The minimum atomic E-state index is 0.0858. The predicted molar refractivity (Wildman–Crippen MR) is 65.7 cm³/mol. The molecule has 5 heteroatoms.